The van der Waals surface area contributed by atoms with Gasteiger partial charge in [0.1, 0.15) is 5.75 Å². The quantitative estimate of drug-likeness (QED) is 0.674. The first-order chi connectivity index (χ1) is 13.9. The molecule has 0 saturated carbocycles. The smallest absolute Gasteiger partial charge is 0.406 e. The minimum atomic E-state index is -4.77. The van der Waals surface area contributed by atoms with E-state index in [1.807, 2.05) is 6.07 Å². The number of amides is 1. The number of hydrogen-bond donors (Lipinski definition) is 2. The van der Waals surface area contributed by atoms with Gasteiger partial charge >= 0.3 is 6.36 Å². The summed E-state index contributed by atoms with van der Waals surface area (Å²) in [7, 11) is 0. The van der Waals surface area contributed by atoms with Crippen molar-refractivity contribution in [3.8, 4) is 5.75 Å². The van der Waals surface area contributed by atoms with E-state index in [2.05, 4.69) is 30.5 Å². The fraction of sp³-hybridized carbons (Fsp3) is 0.389. The molecule has 0 radical (unpaired) electrons. The Bertz CT molecular complexity index is 811. The zero-order valence-corrected chi connectivity index (χ0v) is 15.4. The molecule has 1 aromatic carbocycles. The summed E-state index contributed by atoms with van der Waals surface area (Å²) >= 11 is 0. The number of hydrogen-bond acceptors (Lipinski definition) is 7. The van der Waals surface area contributed by atoms with Gasteiger partial charge in [0, 0.05) is 37.8 Å². The highest BCUT2D eigenvalue weighted by Gasteiger charge is 2.31. The van der Waals surface area contributed by atoms with Crippen LogP contribution in [-0.4, -0.2) is 61.9 Å². The lowest BCUT2D eigenvalue weighted by molar-refractivity contribution is -0.274. The average Bonchev–Trinajstić information content (AvgIpc) is 2.71. The Hall–Kier alpha value is -3.08. The molecular weight excluding hydrogens is 391 g/mol. The van der Waals surface area contributed by atoms with Gasteiger partial charge in [0.05, 0.1) is 25.1 Å². The number of anilines is 2. The second-order valence-electron chi connectivity index (χ2n) is 6.15. The van der Waals surface area contributed by atoms with Crippen LogP contribution in [0.2, 0.25) is 0 Å². The largest absolute Gasteiger partial charge is 0.573 e. The number of rotatable bonds is 7. The summed E-state index contributed by atoms with van der Waals surface area (Å²) in [6.07, 6.45) is -3.08. The molecule has 1 amide bonds. The Balaban J connectivity index is 1.43. The molecule has 0 unspecified atom stereocenters. The van der Waals surface area contributed by atoms with Crippen molar-refractivity contribution < 1.29 is 27.4 Å². The predicted molar refractivity (Wildman–Crippen MR) is 99.0 cm³/mol. The first kappa shape index (κ1) is 20.6. The molecule has 156 valence electrons. The van der Waals surface area contributed by atoms with Gasteiger partial charge in [-0.15, -0.1) is 18.3 Å². The van der Waals surface area contributed by atoms with Crippen molar-refractivity contribution in [1.29, 1.82) is 0 Å². The summed E-state index contributed by atoms with van der Waals surface area (Å²) < 4.78 is 45.6. The van der Waals surface area contributed by atoms with Gasteiger partial charge < -0.3 is 25.0 Å². The lowest BCUT2D eigenvalue weighted by Gasteiger charge is -2.28. The standard InChI is InChI=1S/C18H20F3N5O3/c19-18(20,21)29-15-3-1-13(2-4-15)17(27)23-6-5-22-16-11-14(12-24-25-16)26-7-9-28-10-8-26/h1-4,11-12H,5-10H2,(H,22,25)(H,23,27). The van der Waals surface area contributed by atoms with Gasteiger partial charge in [-0.05, 0) is 24.3 Å². The third kappa shape index (κ3) is 6.49. The van der Waals surface area contributed by atoms with Crippen molar-refractivity contribution in [2.24, 2.45) is 0 Å². The van der Waals surface area contributed by atoms with Gasteiger partial charge in [-0.25, -0.2) is 0 Å². The summed E-state index contributed by atoms with van der Waals surface area (Å²) in [5.41, 5.74) is 1.17. The van der Waals surface area contributed by atoms with E-state index in [1.165, 1.54) is 12.1 Å². The Morgan fingerprint density at radius 3 is 2.59 bits per heavy atom. The van der Waals surface area contributed by atoms with Crippen molar-refractivity contribution in [1.82, 2.24) is 15.5 Å². The first-order valence-electron chi connectivity index (χ1n) is 8.94. The van der Waals surface area contributed by atoms with Crippen LogP contribution in [0.25, 0.3) is 0 Å². The minimum absolute atomic E-state index is 0.230. The molecule has 29 heavy (non-hydrogen) atoms. The van der Waals surface area contributed by atoms with Crippen molar-refractivity contribution in [3.05, 3.63) is 42.1 Å². The lowest BCUT2D eigenvalue weighted by atomic mass is 10.2. The average molecular weight is 411 g/mol. The normalized spacial score (nSPS) is 14.4. The van der Waals surface area contributed by atoms with Crippen LogP contribution in [0.5, 0.6) is 5.75 Å². The number of nitrogens with zero attached hydrogens (tertiary/aromatic N) is 3. The molecular formula is C18H20F3N5O3. The highest BCUT2D eigenvalue weighted by Crippen LogP contribution is 2.22. The minimum Gasteiger partial charge on any atom is -0.406 e. The van der Waals surface area contributed by atoms with E-state index in [1.54, 1.807) is 6.20 Å². The Labute approximate surface area is 165 Å². The second kappa shape index (κ2) is 9.41. The van der Waals surface area contributed by atoms with E-state index in [-0.39, 0.29) is 11.3 Å². The fourth-order valence-corrected chi connectivity index (χ4v) is 2.71. The second-order valence-corrected chi connectivity index (χ2v) is 6.15. The number of carbonyl (C=O) groups is 1. The number of ether oxygens (including phenoxy) is 2. The number of morpholine rings is 1. The van der Waals surface area contributed by atoms with E-state index in [0.29, 0.717) is 32.1 Å². The monoisotopic (exact) mass is 411 g/mol. The Kier molecular flexibility index (Phi) is 6.70. The number of nitrogens with one attached hydrogen (secondary N) is 2. The molecule has 0 aliphatic carbocycles. The molecule has 2 heterocycles. The molecule has 1 aromatic heterocycles. The third-order valence-corrected chi connectivity index (χ3v) is 4.08. The first-order valence-corrected chi connectivity index (χ1v) is 8.94. The molecule has 0 atom stereocenters. The summed E-state index contributed by atoms with van der Waals surface area (Å²) in [6.45, 7) is 3.61. The van der Waals surface area contributed by atoms with Crippen molar-refractivity contribution in [2.45, 2.75) is 6.36 Å². The van der Waals surface area contributed by atoms with E-state index < -0.39 is 12.3 Å². The summed E-state index contributed by atoms with van der Waals surface area (Å²) in [5, 5.41) is 13.7. The van der Waals surface area contributed by atoms with Gasteiger partial charge in [0.2, 0.25) is 0 Å². The van der Waals surface area contributed by atoms with Crippen molar-refractivity contribution in [3.63, 3.8) is 0 Å². The van der Waals surface area contributed by atoms with Crippen LogP contribution in [-0.2, 0) is 4.74 Å². The van der Waals surface area contributed by atoms with E-state index in [0.717, 1.165) is 30.9 Å². The molecule has 1 aliphatic rings. The molecule has 1 fully saturated rings. The van der Waals surface area contributed by atoms with Gasteiger partial charge in [-0.2, -0.15) is 5.10 Å². The number of halogens is 3. The number of benzene rings is 1. The van der Waals surface area contributed by atoms with E-state index in [4.69, 9.17) is 4.74 Å². The van der Waals surface area contributed by atoms with Crippen molar-refractivity contribution in [2.75, 3.05) is 49.6 Å². The van der Waals surface area contributed by atoms with Crippen LogP contribution in [0.3, 0.4) is 0 Å². The summed E-state index contributed by atoms with van der Waals surface area (Å²) in [6, 6.07) is 6.59. The highest BCUT2D eigenvalue weighted by atomic mass is 19.4. The Morgan fingerprint density at radius 1 is 1.17 bits per heavy atom. The highest BCUT2D eigenvalue weighted by molar-refractivity contribution is 5.94. The van der Waals surface area contributed by atoms with Crippen LogP contribution in [0.4, 0.5) is 24.7 Å². The maximum atomic E-state index is 12.2. The third-order valence-electron chi connectivity index (χ3n) is 4.08. The molecule has 0 spiro atoms. The fourth-order valence-electron chi connectivity index (χ4n) is 2.71. The molecule has 11 heteroatoms. The Morgan fingerprint density at radius 2 is 1.90 bits per heavy atom. The van der Waals surface area contributed by atoms with Gasteiger partial charge in [0.15, 0.2) is 5.82 Å². The number of carbonyl (C=O) groups excluding carboxylic acids is 1. The molecule has 1 aliphatic heterocycles. The van der Waals surface area contributed by atoms with Crippen LogP contribution in [0.1, 0.15) is 10.4 Å². The molecule has 8 nitrogen and oxygen atoms in total. The van der Waals surface area contributed by atoms with Crippen LogP contribution < -0.4 is 20.3 Å². The van der Waals surface area contributed by atoms with Crippen LogP contribution in [0.15, 0.2) is 36.5 Å². The molecule has 2 aromatic rings. The topological polar surface area (TPSA) is 88.6 Å². The van der Waals surface area contributed by atoms with Gasteiger partial charge in [-0.1, -0.05) is 0 Å². The van der Waals surface area contributed by atoms with Crippen molar-refractivity contribution >= 4 is 17.4 Å². The van der Waals surface area contributed by atoms with E-state index >= 15 is 0 Å². The molecule has 0 bridgehead atoms. The SMILES string of the molecule is O=C(NCCNc1cc(N2CCOCC2)cnn1)c1ccc(OC(F)(F)F)cc1. The van der Waals surface area contributed by atoms with Gasteiger partial charge in [-0.3, -0.25) is 4.79 Å². The zero-order chi connectivity index (χ0) is 20.7. The molecule has 2 N–H and O–H groups in total. The van der Waals surface area contributed by atoms with E-state index in [9.17, 15) is 18.0 Å². The van der Waals surface area contributed by atoms with Crippen LogP contribution >= 0.6 is 0 Å². The molecule has 1 saturated heterocycles. The lowest BCUT2D eigenvalue weighted by Crippen LogP contribution is -2.36. The van der Waals surface area contributed by atoms with Gasteiger partial charge in [0.25, 0.3) is 5.91 Å². The predicted octanol–water partition coefficient (Wildman–Crippen LogP) is 2.05. The maximum Gasteiger partial charge on any atom is 0.573 e. The zero-order valence-electron chi connectivity index (χ0n) is 15.4. The number of aromatic nitrogens is 2. The summed E-state index contributed by atoms with van der Waals surface area (Å²) in [5.74, 6) is -0.204. The number of alkyl halides is 3. The maximum absolute atomic E-state index is 12.2. The molecule has 3 rings (SSSR count). The summed E-state index contributed by atoms with van der Waals surface area (Å²) in [4.78, 5) is 14.2. The van der Waals surface area contributed by atoms with Crippen LogP contribution in [0, 0.1) is 0 Å².